The fourth-order valence-corrected chi connectivity index (χ4v) is 5.05. The van der Waals surface area contributed by atoms with Crippen LogP contribution in [0.1, 0.15) is 11.1 Å². The van der Waals surface area contributed by atoms with E-state index in [0.717, 1.165) is 28.2 Å². The molecule has 5 heteroatoms. The Bertz CT molecular complexity index is 833. The molecule has 132 valence electrons. The van der Waals surface area contributed by atoms with E-state index in [1.165, 1.54) is 12.1 Å². The fourth-order valence-electron chi connectivity index (χ4n) is 2.71. The number of benzene rings is 3. The van der Waals surface area contributed by atoms with Crippen LogP contribution in [0.4, 0.5) is 13.2 Å². The van der Waals surface area contributed by atoms with Gasteiger partial charge in [0, 0.05) is 20.5 Å². The Morgan fingerprint density at radius 3 is 1.58 bits per heavy atom. The maximum atomic E-state index is 12.9. The van der Waals surface area contributed by atoms with E-state index in [1.54, 1.807) is 7.05 Å². The van der Waals surface area contributed by atoms with E-state index in [-0.39, 0.29) is 0 Å². The summed E-state index contributed by atoms with van der Waals surface area (Å²) >= 11 is 0. The topological polar surface area (TPSA) is 12.4 Å². The fraction of sp³-hybridized carbons (Fsp3) is 0.0952. The largest absolute Gasteiger partial charge is 0.416 e. The van der Waals surface area contributed by atoms with E-state index < -0.39 is 19.7 Å². The Morgan fingerprint density at radius 1 is 0.731 bits per heavy atom. The second kappa shape index (κ2) is 7.84. The number of halogens is 3. The molecular formula is C21H17F3NP. The van der Waals surface area contributed by atoms with Gasteiger partial charge in [0.25, 0.3) is 0 Å². The van der Waals surface area contributed by atoms with Crippen molar-refractivity contribution in [3.8, 4) is 0 Å². The molecule has 3 rings (SSSR count). The van der Waals surface area contributed by atoms with Gasteiger partial charge < -0.3 is 0 Å². The summed E-state index contributed by atoms with van der Waals surface area (Å²) in [5, 5.41) is 2.21. The van der Waals surface area contributed by atoms with Crippen LogP contribution in [0.2, 0.25) is 0 Å². The summed E-state index contributed by atoms with van der Waals surface area (Å²) < 4.78 is 38.6. The van der Waals surface area contributed by atoms with Crippen molar-refractivity contribution < 1.29 is 13.2 Å². The van der Waals surface area contributed by atoms with Gasteiger partial charge in [-0.15, -0.1) is 0 Å². The highest BCUT2D eigenvalue weighted by Crippen LogP contribution is 2.39. The van der Waals surface area contributed by atoms with Crippen LogP contribution in [0.15, 0.2) is 89.9 Å². The lowest BCUT2D eigenvalue weighted by molar-refractivity contribution is -0.137. The van der Waals surface area contributed by atoms with Gasteiger partial charge in [-0.25, -0.2) is 0 Å². The van der Waals surface area contributed by atoms with Gasteiger partial charge in [-0.3, -0.25) is 4.99 Å². The molecule has 0 aromatic heterocycles. The van der Waals surface area contributed by atoms with Crippen LogP contribution < -0.4 is 10.6 Å². The molecule has 0 N–H and O–H groups in total. The molecular weight excluding hydrogens is 354 g/mol. The second-order valence-electron chi connectivity index (χ2n) is 5.63. The number of nitrogens with zero attached hydrogens (tertiary/aromatic N) is 1. The minimum Gasteiger partial charge on any atom is -0.287 e. The van der Waals surface area contributed by atoms with Crippen LogP contribution >= 0.6 is 7.92 Å². The average molecular weight is 371 g/mol. The Labute approximate surface area is 152 Å². The quantitative estimate of drug-likeness (QED) is 0.441. The van der Waals surface area contributed by atoms with Crippen LogP contribution in [-0.2, 0) is 6.18 Å². The summed E-state index contributed by atoms with van der Waals surface area (Å²) in [5.74, 6) is 0. The Hall–Kier alpha value is -2.45. The molecule has 0 radical (unpaired) electrons. The Kier molecular flexibility index (Phi) is 5.53. The zero-order chi connectivity index (χ0) is 18.6. The maximum Gasteiger partial charge on any atom is 0.416 e. The lowest BCUT2D eigenvalue weighted by Gasteiger charge is -2.21. The minimum atomic E-state index is -4.34. The molecule has 0 aliphatic carbocycles. The van der Waals surface area contributed by atoms with Crippen molar-refractivity contribution in [2.45, 2.75) is 6.18 Å². The summed E-state index contributed by atoms with van der Waals surface area (Å²) in [7, 11) is 0.729. The highest BCUT2D eigenvalue weighted by Gasteiger charge is 2.30. The standard InChI is InChI=1S/C21H17F3NP/c1-25-20(16-12-14-17(15-13-16)21(22,23)24)26(18-8-4-2-5-9-18)19-10-6-3-7-11-19/h2-15H,1H3. The first-order valence-electron chi connectivity index (χ1n) is 8.05. The van der Waals surface area contributed by atoms with Gasteiger partial charge in [0.15, 0.2) is 0 Å². The molecule has 1 nitrogen and oxygen atoms in total. The summed E-state index contributed by atoms with van der Waals surface area (Å²) in [6.45, 7) is 0. The van der Waals surface area contributed by atoms with Crippen molar-refractivity contribution in [3.63, 3.8) is 0 Å². The van der Waals surface area contributed by atoms with Crippen LogP contribution in [0.5, 0.6) is 0 Å². The lowest BCUT2D eigenvalue weighted by atomic mass is 10.1. The average Bonchev–Trinajstić information content (AvgIpc) is 2.67. The normalized spacial score (nSPS) is 12.4. The predicted molar refractivity (Wildman–Crippen MR) is 103 cm³/mol. The van der Waals surface area contributed by atoms with Crippen LogP contribution in [0.25, 0.3) is 0 Å². The molecule has 0 aliphatic rings. The van der Waals surface area contributed by atoms with Crippen molar-refractivity contribution in [2.75, 3.05) is 7.05 Å². The van der Waals surface area contributed by atoms with Gasteiger partial charge in [-0.05, 0) is 22.7 Å². The molecule has 0 spiro atoms. The maximum absolute atomic E-state index is 12.9. The first-order valence-corrected chi connectivity index (χ1v) is 9.39. The third-order valence-electron chi connectivity index (χ3n) is 3.92. The molecule has 0 atom stereocenters. The highest BCUT2D eigenvalue weighted by atomic mass is 31.1. The van der Waals surface area contributed by atoms with E-state index in [9.17, 15) is 13.2 Å². The zero-order valence-corrected chi connectivity index (χ0v) is 15.0. The number of hydrogen-bond acceptors (Lipinski definition) is 1. The lowest BCUT2D eigenvalue weighted by Crippen LogP contribution is -2.19. The summed E-state index contributed by atoms with van der Waals surface area (Å²) in [6.07, 6.45) is -4.34. The van der Waals surface area contributed by atoms with Crippen molar-refractivity contribution in [3.05, 3.63) is 96.1 Å². The third-order valence-corrected chi connectivity index (χ3v) is 6.43. The summed E-state index contributed by atoms with van der Waals surface area (Å²) in [4.78, 5) is 4.47. The molecule has 3 aromatic rings. The van der Waals surface area contributed by atoms with Gasteiger partial charge >= 0.3 is 6.18 Å². The van der Waals surface area contributed by atoms with Gasteiger partial charge in [0.05, 0.1) is 11.0 Å². The molecule has 0 fully saturated rings. The highest BCUT2D eigenvalue weighted by molar-refractivity contribution is 7.88. The molecule has 0 bridgehead atoms. The SMILES string of the molecule is CN=C(c1ccc(C(F)(F)F)cc1)P(c1ccccc1)c1ccccc1. The summed E-state index contributed by atoms with van der Waals surface area (Å²) in [5.41, 5.74) is 0.853. The van der Waals surface area contributed by atoms with Crippen molar-refractivity contribution >= 4 is 24.0 Å². The van der Waals surface area contributed by atoms with Gasteiger partial charge in [-0.1, -0.05) is 72.8 Å². The van der Waals surface area contributed by atoms with Gasteiger partial charge in [0.2, 0.25) is 0 Å². The van der Waals surface area contributed by atoms with Crippen LogP contribution in [0, 0.1) is 0 Å². The number of alkyl halides is 3. The monoisotopic (exact) mass is 371 g/mol. The second-order valence-corrected chi connectivity index (χ2v) is 7.76. The summed E-state index contributed by atoms with van der Waals surface area (Å²) in [6, 6.07) is 25.1. The molecule has 0 saturated carbocycles. The molecule has 0 heterocycles. The minimum absolute atomic E-state index is 0.652. The third kappa shape index (κ3) is 4.03. The van der Waals surface area contributed by atoms with E-state index in [0.29, 0.717) is 5.56 Å². The van der Waals surface area contributed by atoms with Crippen molar-refractivity contribution in [2.24, 2.45) is 4.99 Å². The number of aliphatic imine (C=N–C) groups is 1. The molecule has 0 saturated heterocycles. The number of hydrogen-bond donors (Lipinski definition) is 0. The molecule has 0 amide bonds. The number of rotatable bonds is 4. The van der Waals surface area contributed by atoms with Crippen LogP contribution in [0.3, 0.4) is 0 Å². The first kappa shape index (κ1) is 18.3. The van der Waals surface area contributed by atoms with E-state index in [1.807, 2.05) is 60.7 Å². The zero-order valence-electron chi connectivity index (χ0n) is 14.1. The molecule has 0 aliphatic heterocycles. The van der Waals surface area contributed by atoms with Gasteiger partial charge in [-0.2, -0.15) is 13.2 Å². The van der Waals surface area contributed by atoms with E-state index in [2.05, 4.69) is 4.99 Å². The van der Waals surface area contributed by atoms with Crippen molar-refractivity contribution in [1.29, 1.82) is 0 Å². The molecule has 26 heavy (non-hydrogen) atoms. The molecule has 3 aromatic carbocycles. The molecule has 0 unspecified atom stereocenters. The van der Waals surface area contributed by atoms with Gasteiger partial charge in [0.1, 0.15) is 0 Å². The van der Waals surface area contributed by atoms with E-state index >= 15 is 0 Å². The van der Waals surface area contributed by atoms with Crippen molar-refractivity contribution in [1.82, 2.24) is 0 Å². The first-order chi connectivity index (χ1) is 12.5. The predicted octanol–water partition coefficient (Wildman–Crippen LogP) is 5.21. The van der Waals surface area contributed by atoms with E-state index in [4.69, 9.17) is 0 Å². The van der Waals surface area contributed by atoms with Crippen LogP contribution in [-0.4, -0.2) is 12.5 Å². The Morgan fingerprint density at radius 2 is 1.19 bits per heavy atom. The Balaban J connectivity index is 2.07. The smallest absolute Gasteiger partial charge is 0.287 e.